The van der Waals surface area contributed by atoms with E-state index in [0.717, 1.165) is 12.8 Å². The molecule has 13 nitrogen and oxygen atoms in total. The van der Waals surface area contributed by atoms with Crippen LogP contribution in [-0.2, 0) is 61.7 Å². The minimum Gasteiger partial charge on any atom is -0.469 e. The molecule has 0 aromatic heterocycles. The number of ether oxygens (including phenoxy) is 11. The molecule has 0 bridgehead atoms. The van der Waals surface area contributed by atoms with E-state index in [0.29, 0.717) is 125 Å². The lowest BCUT2D eigenvalue weighted by Gasteiger charge is -2.09. The zero-order valence-electron chi connectivity index (χ0n) is 28.1. The first-order valence-corrected chi connectivity index (χ1v) is 16.6. The van der Waals surface area contributed by atoms with Crippen molar-refractivity contribution in [2.24, 2.45) is 0 Å². The number of rotatable bonds is 38. The number of unbranched alkanes of at least 4 members (excludes halogenated alkanes) is 6. The average molecular weight is 655 g/mol. The molecule has 0 fully saturated rings. The van der Waals surface area contributed by atoms with Gasteiger partial charge in [0.05, 0.1) is 132 Å². The predicted octanol–water partition coefficient (Wildman–Crippen LogP) is 3.38. The van der Waals surface area contributed by atoms with E-state index in [9.17, 15) is 9.59 Å². The van der Waals surface area contributed by atoms with Crippen molar-refractivity contribution in [1.82, 2.24) is 0 Å². The van der Waals surface area contributed by atoms with Crippen molar-refractivity contribution in [2.75, 3.05) is 133 Å². The number of methoxy groups -OCH3 is 1. The van der Waals surface area contributed by atoms with Crippen molar-refractivity contribution in [1.29, 1.82) is 0 Å². The van der Waals surface area contributed by atoms with E-state index in [1.165, 1.54) is 39.2 Å². The van der Waals surface area contributed by atoms with Crippen LogP contribution < -0.4 is 0 Å². The molecule has 13 heteroatoms. The molecule has 0 aromatic carbocycles. The van der Waals surface area contributed by atoms with Crippen LogP contribution in [0.4, 0.5) is 0 Å². The maximum atomic E-state index is 11.7. The van der Waals surface area contributed by atoms with Gasteiger partial charge in [0.2, 0.25) is 0 Å². The molecule has 268 valence electrons. The molecule has 0 unspecified atom stereocenters. The van der Waals surface area contributed by atoms with Gasteiger partial charge in [0.25, 0.3) is 0 Å². The largest absolute Gasteiger partial charge is 0.469 e. The first kappa shape index (κ1) is 43.6. The van der Waals surface area contributed by atoms with Gasteiger partial charge in [-0.05, 0) is 6.42 Å². The second kappa shape index (κ2) is 38.8. The topological polar surface area (TPSA) is 136 Å². The van der Waals surface area contributed by atoms with Gasteiger partial charge >= 0.3 is 11.9 Å². The van der Waals surface area contributed by atoms with Gasteiger partial charge in [0.1, 0.15) is 6.61 Å². The number of carbonyl (C=O) groups is 2. The summed E-state index contributed by atoms with van der Waals surface area (Å²) in [5, 5.41) is 0. The van der Waals surface area contributed by atoms with Crippen LogP contribution >= 0.6 is 0 Å². The summed E-state index contributed by atoms with van der Waals surface area (Å²) in [7, 11) is 1.35. The normalized spacial score (nSPS) is 11.2. The lowest BCUT2D eigenvalue weighted by Crippen LogP contribution is -2.15. The highest BCUT2D eigenvalue weighted by atomic mass is 16.6. The molecule has 45 heavy (non-hydrogen) atoms. The molecule has 0 aliphatic rings. The summed E-state index contributed by atoms with van der Waals surface area (Å²) in [5.74, 6) is -0.431. The molecule has 0 saturated heterocycles. The molecule has 0 radical (unpaired) electrons. The number of carbonyl (C=O) groups excluding carboxylic acids is 2. The molecule has 0 heterocycles. The highest BCUT2D eigenvalue weighted by Crippen LogP contribution is 2.08. The molecule has 0 amide bonds. The fourth-order valence-electron chi connectivity index (χ4n) is 3.63. The number of hydrogen-bond donors (Lipinski definition) is 0. The molecule has 0 spiro atoms. The standard InChI is InChI=1S/C32H62O13/c1-3-4-5-6-7-8-9-10-32(34)45-30-29-44-28-27-43-26-25-42-24-23-41-22-21-40-20-19-39-18-17-38-16-15-37-14-13-36-12-11-31(33)35-2/h3-30H2,1-2H3. The SMILES string of the molecule is CCCCCCCCCC(=O)OCCOCCOCCOCCOCCOCCOCCOCCOCCOCCC(=O)OC. The average Bonchev–Trinajstić information content (AvgIpc) is 3.05. The highest BCUT2D eigenvalue weighted by Gasteiger charge is 2.03. The lowest BCUT2D eigenvalue weighted by molar-refractivity contribution is -0.145. The van der Waals surface area contributed by atoms with Gasteiger partial charge < -0.3 is 52.1 Å². The Balaban J connectivity index is 3.11. The Kier molecular flexibility index (Phi) is 37.5. The summed E-state index contributed by atoms with van der Waals surface area (Å²) in [4.78, 5) is 22.6. The molecular weight excluding hydrogens is 592 g/mol. The Hall–Kier alpha value is -1.42. The second-order valence-corrected chi connectivity index (χ2v) is 9.93. The summed E-state index contributed by atoms with van der Waals surface area (Å²) in [6.45, 7) is 10.8. The molecule has 0 aliphatic carbocycles. The van der Waals surface area contributed by atoms with Gasteiger partial charge in [-0.2, -0.15) is 0 Å². The maximum Gasteiger partial charge on any atom is 0.307 e. The van der Waals surface area contributed by atoms with Gasteiger partial charge in [-0.15, -0.1) is 0 Å². The maximum absolute atomic E-state index is 11.7. The van der Waals surface area contributed by atoms with Crippen LogP contribution in [0.2, 0.25) is 0 Å². The third kappa shape index (κ3) is 38.7. The minimum atomic E-state index is -0.287. The van der Waals surface area contributed by atoms with E-state index < -0.39 is 0 Å². The van der Waals surface area contributed by atoms with Crippen molar-refractivity contribution < 1.29 is 61.7 Å². The van der Waals surface area contributed by atoms with E-state index in [1.54, 1.807) is 0 Å². The van der Waals surface area contributed by atoms with E-state index in [-0.39, 0.29) is 25.0 Å². The Morgan fingerprint density at radius 3 is 1.02 bits per heavy atom. The zero-order valence-corrected chi connectivity index (χ0v) is 28.1. The first-order valence-electron chi connectivity index (χ1n) is 16.6. The summed E-state index contributed by atoms with van der Waals surface area (Å²) < 4.78 is 58.5. The van der Waals surface area contributed by atoms with Gasteiger partial charge in [-0.25, -0.2) is 0 Å². The lowest BCUT2D eigenvalue weighted by atomic mass is 10.1. The smallest absolute Gasteiger partial charge is 0.307 e. The zero-order chi connectivity index (χ0) is 32.7. The second-order valence-electron chi connectivity index (χ2n) is 9.93. The molecular formula is C32H62O13. The van der Waals surface area contributed by atoms with Crippen molar-refractivity contribution in [3.63, 3.8) is 0 Å². The van der Waals surface area contributed by atoms with Gasteiger partial charge in [-0.3, -0.25) is 9.59 Å². The van der Waals surface area contributed by atoms with E-state index >= 15 is 0 Å². The fraction of sp³-hybridized carbons (Fsp3) is 0.938. The van der Waals surface area contributed by atoms with Gasteiger partial charge in [-0.1, -0.05) is 45.4 Å². The molecule has 0 N–H and O–H groups in total. The summed E-state index contributed by atoms with van der Waals surface area (Å²) in [5.41, 5.74) is 0. The molecule has 0 saturated carbocycles. The van der Waals surface area contributed by atoms with Crippen LogP contribution in [0.15, 0.2) is 0 Å². The Morgan fingerprint density at radius 2 is 0.667 bits per heavy atom. The van der Waals surface area contributed by atoms with Crippen molar-refractivity contribution in [3.8, 4) is 0 Å². The summed E-state index contributed by atoms with van der Waals surface area (Å²) in [6, 6.07) is 0. The van der Waals surface area contributed by atoms with Crippen LogP contribution in [0.5, 0.6) is 0 Å². The van der Waals surface area contributed by atoms with E-state index in [2.05, 4.69) is 11.7 Å². The predicted molar refractivity (Wildman–Crippen MR) is 168 cm³/mol. The summed E-state index contributed by atoms with van der Waals surface area (Å²) in [6.07, 6.45) is 9.02. The fourth-order valence-corrected chi connectivity index (χ4v) is 3.63. The van der Waals surface area contributed by atoms with Crippen molar-refractivity contribution in [2.45, 2.75) is 64.7 Å². The minimum absolute atomic E-state index is 0.144. The molecule has 0 atom stereocenters. The monoisotopic (exact) mass is 654 g/mol. The van der Waals surface area contributed by atoms with Crippen molar-refractivity contribution in [3.05, 3.63) is 0 Å². The van der Waals surface area contributed by atoms with Crippen LogP contribution in [0.1, 0.15) is 64.7 Å². The van der Waals surface area contributed by atoms with Crippen LogP contribution in [0, 0.1) is 0 Å². The van der Waals surface area contributed by atoms with E-state index in [1.807, 2.05) is 0 Å². The van der Waals surface area contributed by atoms with Crippen molar-refractivity contribution >= 4 is 11.9 Å². The van der Waals surface area contributed by atoms with Gasteiger partial charge in [0, 0.05) is 6.42 Å². The van der Waals surface area contributed by atoms with Crippen LogP contribution in [0.3, 0.4) is 0 Å². The Morgan fingerprint density at radius 1 is 0.356 bits per heavy atom. The molecule has 0 rings (SSSR count). The number of hydrogen-bond acceptors (Lipinski definition) is 13. The first-order chi connectivity index (χ1) is 22.2. The molecule has 0 aromatic rings. The number of esters is 2. The highest BCUT2D eigenvalue weighted by molar-refractivity contribution is 5.69. The van der Waals surface area contributed by atoms with E-state index in [4.69, 9.17) is 47.4 Å². The Labute approximate surface area is 271 Å². The Bertz CT molecular complexity index is 610. The summed E-state index contributed by atoms with van der Waals surface area (Å²) >= 11 is 0. The van der Waals surface area contributed by atoms with Crippen LogP contribution in [-0.4, -0.2) is 145 Å². The third-order valence-corrected chi connectivity index (χ3v) is 6.13. The third-order valence-electron chi connectivity index (χ3n) is 6.13. The molecule has 0 aliphatic heterocycles. The van der Waals surface area contributed by atoms with Crippen LogP contribution in [0.25, 0.3) is 0 Å². The quantitative estimate of drug-likeness (QED) is 0.0712. The van der Waals surface area contributed by atoms with Gasteiger partial charge in [0.15, 0.2) is 0 Å².